The Balaban J connectivity index is 0.000000180. The van der Waals surface area contributed by atoms with E-state index in [2.05, 4.69) is 97.7 Å². The zero-order chi connectivity index (χ0) is 38.9. The van der Waals surface area contributed by atoms with Crippen molar-refractivity contribution in [3.63, 3.8) is 0 Å². The van der Waals surface area contributed by atoms with Crippen LogP contribution in [-0.4, -0.2) is 71.5 Å². The molecule has 4 heterocycles. The first-order valence-corrected chi connectivity index (χ1v) is 20.1. The second kappa shape index (κ2) is 18.4. The molecule has 0 unspecified atom stereocenters. The summed E-state index contributed by atoms with van der Waals surface area (Å²) in [7, 11) is 7.91. The predicted molar refractivity (Wildman–Crippen MR) is 236 cm³/mol. The number of aromatic nitrogens is 4. The summed E-state index contributed by atoms with van der Waals surface area (Å²) in [5.41, 5.74) is 20.4. The van der Waals surface area contributed by atoms with E-state index >= 15 is 0 Å². The van der Waals surface area contributed by atoms with Gasteiger partial charge in [0, 0.05) is 102 Å². The molecule has 9 heteroatoms. The van der Waals surface area contributed by atoms with Crippen LogP contribution >= 0.6 is 0 Å². The first-order valence-electron chi connectivity index (χ1n) is 20.1. The van der Waals surface area contributed by atoms with E-state index in [-0.39, 0.29) is 0 Å². The third kappa shape index (κ3) is 8.37. The molecule has 288 valence electrons. The van der Waals surface area contributed by atoms with Gasteiger partial charge in [-0.05, 0) is 110 Å². The Morgan fingerprint density at radius 1 is 0.673 bits per heavy atom. The average molecular weight is 738 g/mol. The fourth-order valence-electron chi connectivity index (χ4n) is 8.69. The molecule has 2 aliphatic carbocycles. The van der Waals surface area contributed by atoms with Crippen LogP contribution in [0.25, 0.3) is 54.8 Å². The fraction of sp³-hybridized carbons (Fsp3) is 0.391. The van der Waals surface area contributed by atoms with Gasteiger partial charge in [0.1, 0.15) is 11.3 Å². The quantitative estimate of drug-likeness (QED) is 0.121. The molecule has 6 N–H and O–H groups in total. The third-order valence-electron chi connectivity index (χ3n) is 11.6. The highest BCUT2D eigenvalue weighted by molar-refractivity contribution is 6.14. The molecule has 0 atom stereocenters. The van der Waals surface area contributed by atoms with Crippen molar-refractivity contribution in [2.24, 2.45) is 21.5 Å². The molecule has 0 bridgehead atoms. The van der Waals surface area contributed by atoms with Gasteiger partial charge in [-0.3, -0.25) is 9.98 Å². The van der Waals surface area contributed by atoms with Crippen LogP contribution in [0.4, 0.5) is 0 Å². The van der Waals surface area contributed by atoms with Crippen molar-refractivity contribution in [2.45, 2.75) is 89.5 Å². The average Bonchev–Trinajstić information content (AvgIpc) is 3.89. The number of aromatic amines is 2. The standard InChI is InChI=1S/C23H29N5.C21H24N4.C2H6/c1-25-12-18(11-24)16-4-5-17-13-26-23-22(20(17)10-16)21(14-27-23)15-6-8-19(9-7-15)28(2)3;1-23-11-17(10-22)15-7-8-16-12-24-21-20(18(16)9-15)19(13-25-21)14-5-3-2-4-6-14;1-2/h4-5,10-15,19H,6-9,24H2,1-3H3,(H,26,27);7-14H,2-6,22H2,1H3,(H,24,25);1-2H3/b18-11+,25-12?;17-10+,23-11?;. The van der Waals surface area contributed by atoms with Gasteiger partial charge in [-0.15, -0.1) is 0 Å². The van der Waals surface area contributed by atoms with E-state index < -0.39 is 0 Å². The minimum Gasteiger partial charge on any atom is -0.404 e. The molecular weight excluding hydrogens is 679 g/mol. The molecule has 55 heavy (non-hydrogen) atoms. The predicted octanol–water partition coefficient (Wildman–Crippen LogP) is 10.1. The van der Waals surface area contributed by atoms with Crippen LogP contribution in [0.15, 0.2) is 83.6 Å². The van der Waals surface area contributed by atoms with Crippen LogP contribution < -0.4 is 11.5 Å². The summed E-state index contributed by atoms with van der Waals surface area (Å²) in [6, 6.07) is 13.6. The molecule has 4 aromatic heterocycles. The van der Waals surface area contributed by atoms with E-state index in [1.54, 1.807) is 38.9 Å². The van der Waals surface area contributed by atoms with Gasteiger partial charge in [0.25, 0.3) is 0 Å². The van der Waals surface area contributed by atoms with Crippen molar-refractivity contribution in [3.05, 3.63) is 95.8 Å². The van der Waals surface area contributed by atoms with Crippen molar-refractivity contribution in [2.75, 3.05) is 28.2 Å². The van der Waals surface area contributed by atoms with Crippen LogP contribution in [0.3, 0.4) is 0 Å². The van der Waals surface area contributed by atoms with Gasteiger partial charge in [-0.1, -0.05) is 57.4 Å². The van der Waals surface area contributed by atoms with E-state index in [9.17, 15) is 0 Å². The summed E-state index contributed by atoms with van der Waals surface area (Å²) >= 11 is 0. The minimum absolute atomic E-state index is 0.586. The number of aliphatic imine (C=N–C) groups is 2. The molecule has 0 aliphatic heterocycles. The number of fused-ring (bicyclic) bond motifs is 6. The van der Waals surface area contributed by atoms with Crippen LogP contribution in [0, 0.1) is 0 Å². The number of allylic oxidation sites excluding steroid dienone is 2. The highest BCUT2D eigenvalue weighted by Gasteiger charge is 2.26. The molecule has 0 amide bonds. The minimum atomic E-state index is 0.586. The number of pyridine rings is 2. The number of hydrogen-bond donors (Lipinski definition) is 4. The zero-order valence-electron chi connectivity index (χ0n) is 33.6. The largest absolute Gasteiger partial charge is 0.404 e. The van der Waals surface area contributed by atoms with Crippen molar-refractivity contribution in [1.29, 1.82) is 0 Å². The molecule has 0 radical (unpaired) electrons. The summed E-state index contributed by atoms with van der Waals surface area (Å²) in [5, 5.41) is 7.33. The van der Waals surface area contributed by atoms with Crippen molar-refractivity contribution in [1.82, 2.24) is 24.8 Å². The highest BCUT2D eigenvalue weighted by Crippen LogP contribution is 2.41. The maximum Gasteiger partial charge on any atom is 0.138 e. The number of hydrogen-bond acceptors (Lipinski definition) is 7. The second-order valence-corrected chi connectivity index (χ2v) is 14.9. The van der Waals surface area contributed by atoms with E-state index in [0.29, 0.717) is 17.9 Å². The van der Waals surface area contributed by atoms with Gasteiger partial charge in [-0.2, -0.15) is 0 Å². The number of nitrogens with two attached hydrogens (primary N) is 2. The first-order chi connectivity index (χ1) is 26.9. The summed E-state index contributed by atoms with van der Waals surface area (Å²) in [5.74, 6) is 1.23. The molecule has 6 aromatic rings. The Labute approximate surface area is 326 Å². The lowest BCUT2D eigenvalue weighted by Crippen LogP contribution is -2.31. The van der Waals surface area contributed by atoms with Gasteiger partial charge in [0.2, 0.25) is 0 Å². The molecule has 2 aromatic carbocycles. The van der Waals surface area contributed by atoms with Crippen molar-refractivity contribution < 1.29 is 0 Å². The molecule has 0 spiro atoms. The Hall–Kier alpha value is -5.28. The van der Waals surface area contributed by atoms with Crippen LogP contribution in [0.5, 0.6) is 0 Å². The summed E-state index contributed by atoms with van der Waals surface area (Å²) in [6.07, 6.45) is 26.6. The zero-order valence-corrected chi connectivity index (χ0v) is 33.6. The van der Waals surface area contributed by atoms with Gasteiger partial charge in [-0.25, -0.2) is 9.97 Å². The Bertz CT molecular complexity index is 2320. The Morgan fingerprint density at radius 2 is 1.13 bits per heavy atom. The van der Waals surface area contributed by atoms with Crippen LogP contribution in [0.1, 0.15) is 106 Å². The smallest absolute Gasteiger partial charge is 0.138 e. The molecule has 2 fully saturated rings. The summed E-state index contributed by atoms with van der Waals surface area (Å²) in [4.78, 5) is 26.7. The van der Waals surface area contributed by atoms with Crippen LogP contribution in [0.2, 0.25) is 0 Å². The maximum absolute atomic E-state index is 5.84. The Kier molecular flexibility index (Phi) is 13.2. The SMILES string of the molecule is CC.CN=C/C(=C\N)c1ccc2cnc3[nH]cc(C4CCC(N(C)C)CC4)c3c2c1.CN=C/C(=C\N)c1ccc2cnc3[nH]cc(C4CCCCC4)c3c2c1. The molecule has 2 aliphatic rings. The molecule has 0 saturated heterocycles. The topological polar surface area (TPSA) is 137 Å². The van der Waals surface area contributed by atoms with Crippen molar-refractivity contribution >= 4 is 67.2 Å². The third-order valence-corrected chi connectivity index (χ3v) is 11.6. The van der Waals surface area contributed by atoms with Gasteiger partial charge >= 0.3 is 0 Å². The summed E-state index contributed by atoms with van der Waals surface area (Å²) in [6.45, 7) is 4.00. The monoisotopic (exact) mass is 737 g/mol. The fourth-order valence-corrected chi connectivity index (χ4v) is 8.69. The molecule has 9 nitrogen and oxygen atoms in total. The normalized spacial score (nSPS) is 18.7. The number of benzene rings is 2. The van der Waals surface area contributed by atoms with Gasteiger partial charge in [0.05, 0.1) is 0 Å². The maximum atomic E-state index is 5.84. The lowest BCUT2D eigenvalue weighted by atomic mass is 9.81. The lowest BCUT2D eigenvalue weighted by Gasteiger charge is -2.32. The van der Waals surface area contributed by atoms with E-state index in [0.717, 1.165) is 44.3 Å². The van der Waals surface area contributed by atoms with E-state index in [1.807, 2.05) is 26.2 Å². The second-order valence-electron chi connectivity index (χ2n) is 14.9. The first kappa shape index (κ1) is 39.4. The molecule has 2 saturated carbocycles. The molecular formula is C46H59N9. The van der Waals surface area contributed by atoms with Gasteiger partial charge in [0.15, 0.2) is 0 Å². The van der Waals surface area contributed by atoms with Crippen molar-refractivity contribution in [3.8, 4) is 0 Å². The van der Waals surface area contributed by atoms with E-state index in [1.165, 1.54) is 90.5 Å². The summed E-state index contributed by atoms with van der Waals surface area (Å²) < 4.78 is 0. The lowest BCUT2D eigenvalue weighted by molar-refractivity contribution is 0.217. The number of H-pyrrole nitrogens is 2. The Morgan fingerprint density at radius 3 is 1.55 bits per heavy atom. The number of rotatable bonds is 7. The van der Waals surface area contributed by atoms with E-state index in [4.69, 9.17) is 11.5 Å². The van der Waals surface area contributed by atoms with Crippen LogP contribution in [-0.2, 0) is 0 Å². The highest BCUT2D eigenvalue weighted by atomic mass is 15.1. The number of nitrogens with one attached hydrogen (secondary N) is 2. The number of nitrogens with zero attached hydrogens (tertiary/aromatic N) is 5. The van der Waals surface area contributed by atoms with Gasteiger partial charge < -0.3 is 26.3 Å². The molecule has 8 rings (SSSR count).